The molecular formula is C28H22. The minimum absolute atomic E-state index is 1.05. The monoisotopic (exact) mass is 358 g/mol. The van der Waals surface area contributed by atoms with Crippen LogP contribution in [-0.2, 0) is 0 Å². The van der Waals surface area contributed by atoms with Gasteiger partial charge in [-0.05, 0) is 54.2 Å². The van der Waals surface area contributed by atoms with Gasteiger partial charge in [0.25, 0.3) is 0 Å². The number of rotatable bonds is 3. The fourth-order valence-corrected chi connectivity index (χ4v) is 3.44. The van der Waals surface area contributed by atoms with Crippen molar-refractivity contribution in [1.82, 2.24) is 0 Å². The molecule has 0 N–H and O–H groups in total. The summed E-state index contributed by atoms with van der Waals surface area (Å²) in [5, 5.41) is 0. The van der Waals surface area contributed by atoms with Gasteiger partial charge in [0.1, 0.15) is 0 Å². The van der Waals surface area contributed by atoms with Gasteiger partial charge in [0.2, 0.25) is 0 Å². The molecule has 0 fully saturated rings. The van der Waals surface area contributed by atoms with Crippen molar-refractivity contribution in [2.75, 3.05) is 0 Å². The van der Waals surface area contributed by atoms with E-state index in [9.17, 15) is 0 Å². The molecule has 1 aliphatic carbocycles. The van der Waals surface area contributed by atoms with E-state index < -0.39 is 0 Å². The third kappa shape index (κ3) is 4.41. The van der Waals surface area contributed by atoms with Crippen LogP contribution in [0.4, 0.5) is 0 Å². The van der Waals surface area contributed by atoms with Crippen LogP contribution in [0.2, 0.25) is 0 Å². The molecule has 0 amide bonds. The van der Waals surface area contributed by atoms with E-state index in [0.29, 0.717) is 0 Å². The van der Waals surface area contributed by atoms with Crippen LogP contribution in [0.5, 0.6) is 0 Å². The van der Waals surface area contributed by atoms with Gasteiger partial charge in [0, 0.05) is 16.7 Å². The molecule has 0 atom stereocenters. The highest BCUT2D eigenvalue weighted by Gasteiger charge is 2.10. The van der Waals surface area contributed by atoms with E-state index in [-0.39, 0.29) is 0 Å². The lowest BCUT2D eigenvalue weighted by Crippen LogP contribution is -1.86. The molecule has 0 saturated carbocycles. The van der Waals surface area contributed by atoms with Gasteiger partial charge in [0.05, 0.1) is 0 Å². The van der Waals surface area contributed by atoms with Crippen molar-refractivity contribution in [2.45, 2.75) is 19.3 Å². The fourth-order valence-electron chi connectivity index (χ4n) is 3.44. The average molecular weight is 358 g/mol. The molecular weight excluding hydrogens is 336 g/mol. The molecule has 0 nitrogen and oxygen atoms in total. The number of benzene rings is 3. The Bertz CT molecular complexity index is 1040. The van der Waals surface area contributed by atoms with Crippen molar-refractivity contribution in [3.63, 3.8) is 0 Å². The average Bonchev–Trinajstić information content (AvgIpc) is 3.22. The zero-order valence-electron chi connectivity index (χ0n) is 15.9. The highest BCUT2D eigenvalue weighted by Crippen LogP contribution is 2.28. The van der Waals surface area contributed by atoms with Crippen LogP contribution >= 0.6 is 0 Å². The Morgan fingerprint density at radius 2 is 1.21 bits per heavy atom. The van der Waals surface area contributed by atoms with Crippen LogP contribution in [0, 0.1) is 11.8 Å². The standard InChI is InChI=1S/C28H22/c1-4-11-23(12-5-1)19-20-24-17-10-18-25(24)21-22-28(26-13-6-2-7-14-26)27-15-8-3-9-16-27/h1-9,11-16,21H,10,17-18H2. The van der Waals surface area contributed by atoms with Crippen LogP contribution in [-0.4, -0.2) is 0 Å². The predicted molar refractivity (Wildman–Crippen MR) is 118 cm³/mol. The molecule has 0 heterocycles. The molecule has 0 bridgehead atoms. The summed E-state index contributed by atoms with van der Waals surface area (Å²) in [5.74, 6) is 6.71. The summed E-state index contributed by atoms with van der Waals surface area (Å²) in [6.45, 7) is 0. The van der Waals surface area contributed by atoms with Crippen molar-refractivity contribution in [1.29, 1.82) is 0 Å². The first-order chi connectivity index (χ1) is 13.9. The lowest BCUT2D eigenvalue weighted by Gasteiger charge is -2.05. The zero-order chi connectivity index (χ0) is 19.0. The summed E-state index contributed by atoms with van der Waals surface area (Å²) >= 11 is 0. The molecule has 134 valence electrons. The van der Waals surface area contributed by atoms with Gasteiger partial charge < -0.3 is 0 Å². The van der Waals surface area contributed by atoms with Crippen LogP contribution < -0.4 is 0 Å². The van der Waals surface area contributed by atoms with E-state index in [0.717, 1.165) is 24.0 Å². The molecule has 3 aromatic rings. The maximum atomic E-state index is 3.59. The Labute approximate surface area is 167 Å². The molecule has 4 rings (SSSR count). The van der Waals surface area contributed by atoms with Crippen LogP contribution in [0.1, 0.15) is 36.0 Å². The smallest absolute Gasteiger partial charge is 0.0309 e. The maximum absolute atomic E-state index is 3.59. The summed E-state index contributed by atoms with van der Waals surface area (Å²) in [7, 11) is 0. The van der Waals surface area contributed by atoms with E-state index in [4.69, 9.17) is 0 Å². The fraction of sp³-hybridized carbons (Fsp3) is 0.107. The lowest BCUT2D eigenvalue weighted by molar-refractivity contribution is 0.908. The normalized spacial score (nSPS) is 12.7. The summed E-state index contributed by atoms with van der Waals surface area (Å²) < 4.78 is 0. The van der Waals surface area contributed by atoms with Crippen molar-refractivity contribution in [2.24, 2.45) is 0 Å². The first kappa shape index (κ1) is 17.9. The quantitative estimate of drug-likeness (QED) is 0.356. The molecule has 0 aliphatic heterocycles. The van der Waals surface area contributed by atoms with Crippen molar-refractivity contribution < 1.29 is 0 Å². The highest BCUT2D eigenvalue weighted by atomic mass is 14.1. The second-order valence-corrected chi connectivity index (χ2v) is 6.87. The molecule has 28 heavy (non-hydrogen) atoms. The summed E-state index contributed by atoms with van der Waals surface area (Å²) in [5.41, 5.74) is 10.7. The van der Waals surface area contributed by atoms with Crippen molar-refractivity contribution in [3.05, 3.63) is 131 Å². The van der Waals surface area contributed by atoms with Gasteiger partial charge in [-0.25, -0.2) is 0 Å². The maximum Gasteiger partial charge on any atom is 0.0309 e. The third-order valence-corrected chi connectivity index (χ3v) is 4.91. The number of hydrogen-bond donors (Lipinski definition) is 0. The Hall–Kier alpha value is -3.52. The first-order valence-electron chi connectivity index (χ1n) is 9.77. The van der Waals surface area contributed by atoms with Gasteiger partial charge in [-0.2, -0.15) is 0 Å². The molecule has 0 radical (unpaired) electrons. The van der Waals surface area contributed by atoms with Crippen LogP contribution in [0.15, 0.2) is 114 Å². The minimum atomic E-state index is 1.05. The second kappa shape index (κ2) is 8.92. The van der Waals surface area contributed by atoms with E-state index in [1.807, 2.05) is 30.3 Å². The topological polar surface area (TPSA) is 0 Å². The van der Waals surface area contributed by atoms with E-state index in [1.165, 1.54) is 28.7 Å². The van der Waals surface area contributed by atoms with Gasteiger partial charge in [-0.1, -0.05) is 90.7 Å². The van der Waals surface area contributed by atoms with Gasteiger partial charge in [-0.15, -0.1) is 5.73 Å². The van der Waals surface area contributed by atoms with Gasteiger partial charge >= 0.3 is 0 Å². The molecule has 0 aromatic heterocycles. The highest BCUT2D eigenvalue weighted by molar-refractivity contribution is 5.79. The van der Waals surface area contributed by atoms with E-state index in [1.54, 1.807) is 0 Å². The Morgan fingerprint density at radius 3 is 1.82 bits per heavy atom. The molecule has 0 heteroatoms. The first-order valence-corrected chi connectivity index (χ1v) is 9.77. The van der Waals surface area contributed by atoms with Gasteiger partial charge in [0.15, 0.2) is 0 Å². The summed E-state index contributed by atoms with van der Waals surface area (Å²) in [6.07, 6.45) is 5.44. The molecule has 1 aliphatic rings. The molecule has 0 unspecified atom stereocenters. The molecule has 3 aromatic carbocycles. The minimum Gasteiger partial charge on any atom is -0.111 e. The Morgan fingerprint density at radius 1 is 0.643 bits per heavy atom. The Kier molecular flexibility index (Phi) is 5.69. The molecule has 0 spiro atoms. The van der Waals surface area contributed by atoms with Crippen molar-refractivity contribution in [3.8, 4) is 11.8 Å². The third-order valence-electron chi connectivity index (χ3n) is 4.91. The number of allylic oxidation sites excluding steroid dienone is 3. The summed E-state index contributed by atoms with van der Waals surface area (Å²) in [4.78, 5) is 0. The van der Waals surface area contributed by atoms with E-state index in [2.05, 4.69) is 84.3 Å². The van der Waals surface area contributed by atoms with Crippen molar-refractivity contribution >= 4 is 5.57 Å². The predicted octanol–water partition coefficient (Wildman–Crippen LogP) is 6.81. The van der Waals surface area contributed by atoms with Crippen LogP contribution in [0.25, 0.3) is 5.57 Å². The van der Waals surface area contributed by atoms with E-state index >= 15 is 0 Å². The number of hydrogen-bond acceptors (Lipinski definition) is 0. The SMILES string of the molecule is C(=CC1=C(C#Cc2ccccc2)CCC1)=C(c1ccccc1)c1ccccc1. The molecule has 0 saturated heterocycles. The Balaban J connectivity index is 1.74. The van der Waals surface area contributed by atoms with Crippen LogP contribution in [0.3, 0.4) is 0 Å². The zero-order valence-corrected chi connectivity index (χ0v) is 15.9. The second-order valence-electron chi connectivity index (χ2n) is 6.87. The largest absolute Gasteiger partial charge is 0.111 e. The van der Waals surface area contributed by atoms with Gasteiger partial charge in [-0.3, -0.25) is 0 Å². The summed E-state index contributed by atoms with van der Waals surface area (Å²) in [6, 6.07) is 31.2. The lowest BCUT2D eigenvalue weighted by atomic mass is 9.98.